The van der Waals surface area contributed by atoms with Crippen LogP contribution in [0.2, 0.25) is 0 Å². The van der Waals surface area contributed by atoms with Crippen LogP contribution in [0.25, 0.3) is 0 Å². The van der Waals surface area contributed by atoms with Gasteiger partial charge in [0, 0.05) is 51.1 Å². The molecule has 1 aromatic rings. The van der Waals surface area contributed by atoms with Gasteiger partial charge in [-0.15, -0.1) is 0 Å². The van der Waals surface area contributed by atoms with E-state index in [9.17, 15) is 0 Å². The Morgan fingerprint density at radius 1 is 1.23 bits per heavy atom. The highest BCUT2D eigenvalue weighted by Gasteiger charge is 2.42. The monoisotopic (exact) mass is 304 g/mol. The first-order valence-electron chi connectivity index (χ1n) is 8.85. The molecule has 3 aliphatic rings. The molecule has 3 fully saturated rings. The van der Waals surface area contributed by atoms with Crippen molar-refractivity contribution in [3.8, 4) is 0 Å². The van der Waals surface area contributed by atoms with E-state index in [1.54, 1.807) is 0 Å². The molecule has 0 N–H and O–H groups in total. The van der Waals surface area contributed by atoms with Gasteiger partial charge in [0.15, 0.2) is 0 Å². The van der Waals surface area contributed by atoms with Crippen molar-refractivity contribution >= 4 is 0 Å². The third-order valence-electron chi connectivity index (χ3n) is 5.59. The fourth-order valence-corrected chi connectivity index (χ4v) is 4.60. The SMILES string of the molecule is Cn1cc(CN2C[C@H]3CCCO[C@H]3[C@@H](N3CCCC3)C2)cn1. The quantitative estimate of drug-likeness (QED) is 0.847. The summed E-state index contributed by atoms with van der Waals surface area (Å²) in [6.07, 6.45) is 9.90. The lowest BCUT2D eigenvalue weighted by atomic mass is 9.84. The average Bonchev–Trinajstić information content (AvgIpc) is 3.18. The predicted octanol–water partition coefficient (Wildman–Crippen LogP) is 1.50. The van der Waals surface area contributed by atoms with E-state index in [1.165, 1.54) is 50.9 Å². The van der Waals surface area contributed by atoms with Crippen LogP contribution in [0.4, 0.5) is 0 Å². The molecule has 0 unspecified atom stereocenters. The molecule has 22 heavy (non-hydrogen) atoms. The van der Waals surface area contributed by atoms with Crippen molar-refractivity contribution in [1.29, 1.82) is 0 Å². The van der Waals surface area contributed by atoms with E-state index in [0.717, 1.165) is 19.7 Å². The number of rotatable bonds is 3. The molecular weight excluding hydrogens is 276 g/mol. The van der Waals surface area contributed by atoms with Crippen LogP contribution in [0.3, 0.4) is 0 Å². The van der Waals surface area contributed by atoms with E-state index < -0.39 is 0 Å². The summed E-state index contributed by atoms with van der Waals surface area (Å²) in [5, 5.41) is 4.31. The van der Waals surface area contributed by atoms with Gasteiger partial charge in [0.2, 0.25) is 0 Å². The minimum Gasteiger partial charge on any atom is -0.376 e. The third-order valence-corrected chi connectivity index (χ3v) is 5.59. The van der Waals surface area contributed by atoms with Gasteiger partial charge in [0.05, 0.1) is 12.3 Å². The van der Waals surface area contributed by atoms with E-state index in [0.29, 0.717) is 18.1 Å². The van der Waals surface area contributed by atoms with Gasteiger partial charge in [-0.3, -0.25) is 14.5 Å². The van der Waals surface area contributed by atoms with Crippen LogP contribution in [0.15, 0.2) is 12.4 Å². The molecule has 0 saturated carbocycles. The molecular formula is C17H28N4O. The van der Waals surface area contributed by atoms with Crippen molar-refractivity contribution < 1.29 is 4.74 Å². The maximum absolute atomic E-state index is 6.22. The fourth-order valence-electron chi connectivity index (χ4n) is 4.60. The van der Waals surface area contributed by atoms with E-state index >= 15 is 0 Å². The molecule has 0 aliphatic carbocycles. The van der Waals surface area contributed by atoms with Gasteiger partial charge in [-0.1, -0.05) is 0 Å². The Labute approximate surface area is 133 Å². The number of hydrogen-bond acceptors (Lipinski definition) is 4. The largest absolute Gasteiger partial charge is 0.376 e. The molecule has 3 aliphatic heterocycles. The van der Waals surface area contributed by atoms with E-state index in [2.05, 4.69) is 21.1 Å². The number of aryl methyl sites for hydroxylation is 1. The second-order valence-corrected chi connectivity index (χ2v) is 7.26. The molecule has 4 rings (SSSR count). The van der Waals surface area contributed by atoms with Gasteiger partial charge >= 0.3 is 0 Å². The zero-order chi connectivity index (χ0) is 14.9. The first-order chi connectivity index (χ1) is 10.8. The number of likely N-dealkylation sites (tertiary alicyclic amines) is 2. The Balaban J connectivity index is 1.48. The van der Waals surface area contributed by atoms with Gasteiger partial charge in [0.1, 0.15) is 0 Å². The lowest BCUT2D eigenvalue weighted by molar-refractivity contribution is -0.112. The normalized spacial score (nSPS) is 34.0. The lowest BCUT2D eigenvalue weighted by Gasteiger charge is -2.48. The van der Waals surface area contributed by atoms with Crippen molar-refractivity contribution in [2.45, 2.75) is 44.4 Å². The highest BCUT2D eigenvalue weighted by atomic mass is 16.5. The summed E-state index contributed by atoms with van der Waals surface area (Å²) in [5.41, 5.74) is 1.33. The standard InChI is InChI=1S/C17H28N4O/c1-19-10-14(9-18-19)11-20-12-15-5-4-8-22-17(15)16(13-20)21-6-2-3-7-21/h9-10,15-17H,2-8,11-13H2,1H3/t15-,16+,17-/m1/s1. The maximum atomic E-state index is 6.22. The van der Waals surface area contributed by atoms with E-state index in [1.807, 2.05) is 17.9 Å². The summed E-state index contributed by atoms with van der Waals surface area (Å²) in [7, 11) is 2.00. The van der Waals surface area contributed by atoms with Crippen LogP contribution in [0.1, 0.15) is 31.2 Å². The molecule has 0 bridgehead atoms. The Hall–Kier alpha value is -0.910. The molecule has 5 heteroatoms. The predicted molar refractivity (Wildman–Crippen MR) is 85.5 cm³/mol. The smallest absolute Gasteiger partial charge is 0.0782 e. The van der Waals surface area contributed by atoms with Crippen LogP contribution in [0.5, 0.6) is 0 Å². The third kappa shape index (κ3) is 2.94. The molecule has 0 amide bonds. The summed E-state index contributed by atoms with van der Waals surface area (Å²) in [4.78, 5) is 5.33. The van der Waals surface area contributed by atoms with Gasteiger partial charge in [-0.05, 0) is 44.7 Å². The van der Waals surface area contributed by atoms with Crippen molar-refractivity contribution in [1.82, 2.24) is 19.6 Å². The number of fused-ring (bicyclic) bond motifs is 1. The first-order valence-corrected chi connectivity index (χ1v) is 8.85. The molecule has 3 saturated heterocycles. The molecule has 0 radical (unpaired) electrons. The van der Waals surface area contributed by atoms with Crippen LogP contribution >= 0.6 is 0 Å². The number of aromatic nitrogens is 2. The Bertz CT molecular complexity index is 497. The summed E-state index contributed by atoms with van der Waals surface area (Å²) in [6, 6.07) is 0.596. The number of hydrogen-bond donors (Lipinski definition) is 0. The molecule has 5 nitrogen and oxygen atoms in total. The highest BCUT2D eigenvalue weighted by molar-refractivity contribution is 5.05. The topological polar surface area (TPSA) is 33.5 Å². The molecule has 0 spiro atoms. The second-order valence-electron chi connectivity index (χ2n) is 7.26. The molecule has 1 aromatic heterocycles. The minimum absolute atomic E-state index is 0.469. The van der Waals surface area contributed by atoms with Gasteiger partial charge < -0.3 is 4.74 Å². The molecule has 4 heterocycles. The highest BCUT2D eigenvalue weighted by Crippen LogP contribution is 2.33. The van der Waals surface area contributed by atoms with Crippen LogP contribution in [-0.2, 0) is 18.3 Å². The van der Waals surface area contributed by atoms with Crippen LogP contribution in [-0.4, -0.2) is 64.5 Å². The Kier molecular flexibility index (Phi) is 4.20. The van der Waals surface area contributed by atoms with Crippen LogP contribution in [0, 0.1) is 5.92 Å². The molecule has 3 atom stereocenters. The summed E-state index contributed by atoms with van der Waals surface area (Å²) in [6.45, 7) is 6.85. The zero-order valence-corrected chi connectivity index (χ0v) is 13.7. The molecule has 122 valence electrons. The van der Waals surface area contributed by atoms with Crippen molar-refractivity contribution in [3.05, 3.63) is 18.0 Å². The van der Waals surface area contributed by atoms with Crippen LogP contribution < -0.4 is 0 Å². The summed E-state index contributed by atoms with van der Waals surface area (Å²) < 4.78 is 8.13. The maximum Gasteiger partial charge on any atom is 0.0782 e. The zero-order valence-electron chi connectivity index (χ0n) is 13.7. The number of piperidine rings is 1. The first kappa shape index (κ1) is 14.7. The van der Waals surface area contributed by atoms with Gasteiger partial charge in [-0.25, -0.2) is 0 Å². The van der Waals surface area contributed by atoms with Crippen molar-refractivity contribution in [2.75, 3.05) is 32.8 Å². The van der Waals surface area contributed by atoms with Crippen molar-refractivity contribution in [3.63, 3.8) is 0 Å². The number of nitrogens with zero attached hydrogens (tertiary/aromatic N) is 4. The number of ether oxygens (including phenoxy) is 1. The lowest BCUT2D eigenvalue weighted by Crippen LogP contribution is -2.60. The average molecular weight is 304 g/mol. The summed E-state index contributed by atoms with van der Waals surface area (Å²) in [5.74, 6) is 0.713. The van der Waals surface area contributed by atoms with E-state index in [-0.39, 0.29) is 0 Å². The van der Waals surface area contributed by atoms with Gasteiger partial charge in [-0.2, -0.15) is 5.10 Å². The minimum atomic E-state index is 0.469. The fraction of sp³-hybridized carbons (Fsp3) is 0.824. The second kappa shape index (κ2) is 6.30. The van der Waals surface area contributed by atoms with Gasteiger partial charge in [0.25, 0.3) is 0 Å². The Morgan fingerprint density at radius 2 is 2.09 bits per heavy atom. The molecule has 0 aromatic carbocycles. The van der Waals surface area contributed by atoms with Crippen molar-refractivity contribution in [2.24, 2.45) is 13.0 Å². The Morgan fingerprint density at radius 3 is 2.86 bits per heavy atom. The van der Waals surface area contributed by atoms with E-state index in [4.69, 9.17) is 4.74 Å². The summed E-state index contributed by atoms with van der Waals surface area (Å²) >= 11 is 0.